The van der Waals surface area contributed by atoms with Gasteiger partial charge < -0.3 is 14.7 Å². The zero-order valence-electron chi connectivity index (χ0n) is 17.0. The number of aromatic nitrogens is 1. The van der Waals surface area contributed by atoms with E-state index in [0.717, 1.165) is 49.2 Å². The van der Waals surface area contributed by atoms with Crippen LogP contribution in [0.25, 0.3) is 0 Å². The molecule has 2 amide bonds. The third-order valence-corrected chi connectivity index (χ3v) is 5.45. The normalized spacial score (nSPS) is 16.6. The van der Waals surface area contributed by atoms with Crippen LogP contribution in [0.3, 0.4) is 0 Å². The predicted molar refractivity (Wildman–Crippen MR) is 108 cm³/mol. The minimum absolute atomic E-state index is 0.206. The Kier molecular flexibility index (Phi) is 4.52. The highest BCUT2D eigenvalue weighted by Gasteiger charge is 2.35. The van der Waals surface area contributed by atoms with Crippen LogP contribution in [0.5, 0.6) is 0 Å². The number of anilines is 2. The van der Waals surface area contributed by atoms with E-state index in [4.69, 9.17) is 4.52 Å². The number of nitrogens with zero attached hydrogens (tertiary/aromatic N) is 2. The number of hydrogen-bond acceptors (Lipinski definition) is 4. The summed E-state index contributed by atoms with van der Waals surface area (Å²) < 4.78 is 5.29. The summed E-state index contributed by atoms with van der Waals surface area (Å²) in [7, 11) is 0. The largest absolute Gasteiger partial charge is 0.361 e. The molecule has 2 heterocycles. The van der Waals surface area contributed by atoms with E-state index in [-0.39, 0.29) is 23.1 Å². The number of carbonyl (C=O) groups excluding carboxylic acids is 2. The second kappa shape index (κ2) is 6.76. The average Bonchev–Trinajstić information content (AvgIpc) is 3.41. The molecule has 1 fully saturated rings. The van der Waals surface area contributed by atoms with Crippen LogP contribution in [0.2, 0.25) is 0 Å². The van der Waals surface area contributed by atoms with Crippen LogP contribution >= 0.6 is 0 Å². The van der Waals surface area contributed by atoms with Crippen molar-refractivity contribution in [2.24, 2.45) is 5.92 Å². The van der Waals surface area contributed by atoms with Gasteiger partial charge in [-0.25, -0.2) is 0 Å². The maximum absolute atomic E-state index is 12.9. The fourth-order valence-electron chi connectivity index (χ4n) is 3.80. The van der Waals surface area contributed by atoms with E-state index in [0.29, 0.717) is 17.0 Å². The Morgan fingerprint density at radius 3 is 2.68 bits per heavy atom. The van der Waals surface area contributed by atoms with E-state index in [9.17, 15) is 9.59 Å². The van der Waals surface area contributed by atoms with Crippen molar-refractivity contribution in [1.82, 2.24) is 5.16 Å². The lowest BCUT2D eigenvalue weighted by Gasteiger charge is -2.30. The molecular weight excluding hydrogens is 354 g/mol. The number of fused-ring (bicyclic) bond motifs is 1. The highest BCUT2D eigenvalue weighted by atomic mass is 16.5. The highest BCUT2D eigenvalue weighted by molar-refractivity contribution is 6.06. The van der Waals surface area contributed by atoms with Crippen molar-refractivity contribution in [2.45, 2.75) is 58.8 Å². The van der Waals surface area contributed by atoms with Crippen molar-refractivity contribution >= 4 is 23.2 Å². The molecule has 1 aromatic heterocycles. The summed E-state index contributed by atoms with van der Waals surface area (Å²) in [5.41, 5.74) is 3.68. The Morgan fingerprint density at radius 1 is 1.25 bits per heavy atom. The highest BCUT2D eigenvalue weighted by Crippen LogP contribution is 2.37. The first-order valence-corrected chi connectivity index (χ1v) is 9.98. The molecule has 0 unspecified atom stereocenters. The van der Waals surface area contributed by atoms with E-state index in [2.05, 4.69) is 10.5 Å². The van der Waals surface area contributed by atoms with Crippen LogP contribution in [-0.2, 0) is 16.6 Å². The van der Waals surface area contributed by atoms with E-state index >= 15 is 0 Å². The van der Waals surface area contributed by atoms with Gasteiger partial charge in [-0.05, 0) is 56.4 Å². The van der Waals surface area contributed by atoms with Crippen LogP contribution in [0.15, 0.2) is 22.7 Å². The number of rotatable bonds is 3. The van der Waals surface area contributed by atoms with Gasteiger partial charge in [0.05, 0.1) is 0 Å². The second-order valence-corrected chi connectivity index (χ2v) is 8.88. The maximum Gasteiger partial charge on any atom is 0.261 e. The van der Waals surface area contributed by atoms with Crippen LogP contribution in [0.1, 0.15) is 67.4 Å². The summed E-state index contributed by atoms with van der Waals surface area (Å²) in [5.74, 6) is 0.748. The number of amides is 2. The Balaban J connectivity index is 1.58. The molecule has 28 heavy (non-hydrogen) atoms. The summed E-state index contributed by atoms with van der Waals surface area (Å²) >= 11 is 0. The molecule has 2 aromatic rings. The van der Waals surface area contributed by atoms with E-state index in [1.807, 2.05) is 43.9 Å². The number of hydrogen-bond donors (Lipinski definition) is 1. The third-order valence-electron chi connectivity index (χ3n) is 5.45. The van der Waals surface area contributed by atoms with Crippen LogP contribution in [-0.4, -0.2) is 23.5 Å². The van der Waals surface area contributed by atoms with E-state index in [1.54, 1.807) is 6.92 Å². The summed E-state index contributed by atoms with van der Waals surface area (Å²) in [6, 6.07) is 5.81. The molecular formula is C22H27N3O3. The minimum Gasteiger partial charge on any atom is -0.361 e. The van der Waals surface area contributed by atoms with Crippen molar-refractivity contribution in [2.75, 3.05) is 16.8 Å². The standard InChI is InChI=1S/C22H27N3O3/c1-13-18(19(24-28-13)22(2,3)4)20(26)23-16-9-10-17-15(12-16)6-5-11-25(17)21(27)14-7-8-14/h9-10,12,14H,5-8,11H2,1-4H3,(H,23,26). The smallest absolute Gasteiger partial charge is 0.261 e. The van der Waals surface area contributed by atoms with Crippen molar-refractivity contribution in [3.63, 3.8) is 0 Å². The van der Waals surface area contributed by atoms with Crippen LogP contribution in [0, 0.1) is 12.8 Å². The fourth-order valence-corrected chi connectivity index (χ4v) is 3.80. The predicted octanol–water partition coefficient (Wildman–Crippen LogP) is 4.22. The first-order valence-electron chi connectivity index (χ1n) is 9.98. The molecule has 1 aliphatic heterocycles. The number of carbonyl (C=O) groups is 2. The van der Waals surface area contributed by atoms with Gasteiger partial charge in [-0.3, -0.25) is 9.59 Å². The Labute approximate surface area is 165 Å². The molecule has 6 heteroatoms. The SMILES string of the molecule is Cc1onc(C(C)(C)C)c1C(=O)Nc1ccc2c(c1)CCCN2C(=O)C1CC1. The van der Waals surface area contributed by atoms with Gasteiger partial charge in [0.15, 0.2) is 0 Å². The van der Waals surface area contributed by atoms with Gasteiger partial charge in [0.2, 0.25) is 5.91 Å². The second-order valence-electron chi connectivity index (χ2n) is 8.88. The molecule has 0 saturated heterocycles. The fraction of sp³-hybridized carbons (Fsp3) is 0.500. The van der Waals surface area contributed by atoms with E-state index < -0.39 is 0 Å². The zero-order valence-corrected chi connectivity index (χ0v) is 17.0. The Hall–Kier alpha value is -2.63. The average molecular weight is 381 g/mol. The molecule has 0 spiro atoms. The van der Waals surface area contributed by atoms with Crippen LogP contribution < -0.4 is 10.2 Å². The molecule has 1 aromatic carbocycles. The molecule has 4 rings (SSSR count). The molecule has 2 aliphatic rings. The van der Waals surface area contributed by atoms with Gasteiger partial charge in [0, 0.05) is 29.3 Å². The van der Waals surface area contributed by atoms with Gasteiger partial charge in [-0.1, -0.05) is 25.9 Å². The van der Waals surface area contributed by atoms with Gasteiger partial charge >= 0.3 is 0 Å². The molecule has 0 radical (unpaired) electrons. The van der Waals surface area contributed by atoms with Crippen molar-refractivity contribution in [1.29, 1.82) is 0 Å². The van der Waals surface area contributed by atoms with Crippen molar-refractivity contribution < 1.29 is 14.1 Å². The summed E-state index contributed by atoms with van der Waals surface area (Å²) in [5, 5.41) is 7.08. The minimum atomic E-state index is -0.288. The van der Waals surface area contributed by atoms with Crippen molar-refractivity contribution in [3.05, 3.63) is 40.8 Å². The Bertz CT molecular complexity index is 935. The van der Waals surface area contributed by atoms with Gasteiger partial charge in [0.1, 0.15) is 17.0 Å². The molecule has 1 aliphatic carbocycles. The molecule has 0 bridgehead atoms. The van der Waals surface area contributed by atoms with Gasteiger partial charge in [-0.15, -0.1) is 0 Å². The van der Waals surface area contributed by atoms with Gasteiger partial charge in [-0.2, -0.15) is 0 Å². The Morgan fingerprint density at radius 2 is 2.00 bits per heavy atom. The quantitative estimate of drug-likeness (QED) is 0.864. The number of benzene rings is 1. The molecule has 1 saturated carbocycles. The van der Waals surface area contributed by atoms with Crippen LogP contribution in [0.4, 0.5) is 11.4 Å². The van der Waals surface area contributed by atoms with E-state index in [1.165, 1.54) is 0 Å². The van der Waals surface area contributed by atoms with Crippen molar-refractivity contribution in [3.8, 4) is 0 Å². The topological polar surface area (TPSA) is 75.4 Å². The molecule has 6 nitrogen and oxygen atoms in total. The lowest BCUT2D eigenvalue weighted by atomic mass is 9.88. The third kappa shape index (κ3) is 3.43. The first kappa shape index (κ1) is 18.7. The number of aryl methyl sites for hydroxylation is 2. The maximum atomic E-state index is 12.9. The molecule has 148 valence electrons. The summed E-state index contributed by atoms with van der Waals surface area (Å²) in [4.78, 5) is 27.4. The zero-order chi connectivity index (χ0) is 20.1. The molecule has 1 N–H and O–H groups in total. The van der Waals surface area contributed by atoms with Gasteiger partial charge in [0.25, 0.3) is 5.91 Å². The lowest BCUT2D eigenvalue weighted by Crippen LogP contribution is -2.36. The molecule has 0 atom stereocenters. The summed E-state index contributed by atoms with van der Waals surface area (Å²) in [6.07, 6.45) is 3.87. The number of nitrogens with one attached hydrogen (secondary N) is 1. The summed E-state index contributed by atoms with van der Waals surface area (Å²) in [6.45, 7) is 8.55. The monoisotopic (exact) mass is 381 g/mol. The first-order chi connectivity index (χ1) is 13.3. The lowest BCUT2D eigenvalue weighted by molar-refractivity contribution is -0.119.